The van der Waals surface area contributed by atoms with E-state index in [1.807, 2.05) is 19.4 Å². The summed E-state index contributed by atoms with van der Waals surface area (Å²) in [5.41, 5.74) is 1.43. The summed E-state index contributed by atoms with van der Waals surface area (Å²) in [7, 11) is 1.85. The number of imidazole rings is 1. The molecule has 0 saturated heterocycles. The molecule has 2 aromatic heterocycles. The number of aryl methyl sites for hydroxylation is 1. The number of aromatic nitrogens is 4. The summed E-state index contributed by atoms with van der Waals surface area (Å²) in [4.78, 5) is 18.6. The van der Waals surface area contributed by atoms with Crippen LogP contribution < -0.4 is 0 Å². The number of carbonyl (C=O) groups is 1. The van der Waals surface area contributed by atoms with Crippen molar-refractivity contribution in [3.05, 3.63) is 35.7 Å². The van der Waals surface area contributed by atoms with Gasteiger partial charge in [0.2, 0.25) is 0 Å². The molecule has 21 heavy (non-hydrogen) atoms. The normalized spacial score (nSPS) is 15.0. The van der Waals surface area contributed by atoms with Crippen LogP contribution in [0.4, 0.5) is 0 Å². The Labute approximate surface area is 123 Å². The summed E-state index contributed by atoms with van der Waals surface area (Å²) in [5.74, 6) is 0.750. The Kier molecular flexibility index (Phi) is 3.74. The SMILES string of the molecule is CCOC(=O)c1cnn(C)c1CN1CCn2ccnc2C1. The average molecular weight is 289 g/mol. The first-order chi connectivity index (χ1) is 10.2. The second-order valence-corrected chi connectivity index (χ2v) is 5.10. The van der Waals surface area contributed by atoms with Crippen LogP contribution >= 0.6 is 0 Å². The fourth-order valence-corrected chi connectivity index (χ4v) is 2.60. The molecule has 3 heterocycles. The summed E-state index contributed by atoms with van der Waals surface area (Å²) < 4.78 is 8.99. The second kappa shape index (κ2) is 5.69. The van der Waals surface area contributed by atoms with Gasteiger partial charge < -0.3 is 9.30 Å². The van der Waals surface area contributed by atoms with Crippen LogP contribution in [0, 0.1) is 0 Å². The lowest BCUT2D eigenvalue weighted by Gasteiger charge is -2.27. The molecule has 0 atom stereocenters. The zero-order valence-electron chi connectivity index (χ0n) is 12.3. The van der Waals surface area contributed by atoms with E-state index in [0.717, 1.165) is 31.2 Å². The Morgan fingerprint density at radius 2 is 2.29 bits per heavy atom. The Bertz CT molecular complexity index is 646. The molecule has 1 aliphatic rings. The minimum atomic E-state index is -0.306. The Hall–Kier alpha value is -2.15. The van der Waals surface area contributed by atoms with Crippen molar-refractivity contribution >= 4 is 5.97 Å². The lowest BCUT2D eigenvalue weighted by Crippen LogP contribution is -2.34. The van der Waals surface area contributed by atoms with Gasteiger partial charge in [0.25, 0.3) is 0 Å². The van der Waals surface area contributed by atoms with Crippen LogP contribution in [0.2, 0.25) is 0 Å². The molecule has 0 unspecified atom stereocenters. The monoisotopic (exact) mass is 289 g/mol. The largest absolute Gasteiger partial charge is 0.462 e. The van der Waals surface area contributed by atoms with Crippen molar-refractivity contribution in [2.24, 2.45) is 7.05 Å². The molecule has 3 rings (SSSR count). The van der Waals surface area contributed by atoms with Gasteiger partial charge in [-0.1, -0.05) is 0 Å². The maximum absolute atomic E-state index is 12.0. The molecule has 0 bridgehead atoms. The van der Waals surface area contributed by atoms with Gasteiger partial charge in [-0.15, -0.1) is 0 Å². The molecule has 0 saturated carbocycles. The molecule has 0 amide bonds. The van der Waals surface area contributed by atoms with Crippen LogP contribution in [0.15, 0.2) is 18.6 Å². The van der Waals surface area contributed by atoms with E-state index in [0.29, 0.717) is 18.7 Å². The van der Waals surface area contributed by atoms with E-state index in [1.165, 1.54) is 0 Å². The Balaban J connectivity index is 1.76. The maximum Gasteiger partial charge on any atom is 0.341 e. The zero-order valence-corrected chi connectivity index (χ0v) is 12.3. The van der Waals surface area contributed by atoms with Gasteiger partial charge in [-0.25, -0.2) is 9.78 Å². The van der Waals surface area contributed by atoms with Gasteiger partial charge in [0, 0.05) is 39.1 Å². The minimum absolute atomic E-state index is 0.306. The lowest BCUT2D eigenvalue weighted by molar-refractivity contribution is 0.0523. The second-order valence-electron chi connectivity index (χ2n) is 5.10. The maximum atomic E-state index is 12.0. The van der Waals surface area contributed by atoms with E-state index >= 15 is 0 Å². The fourth-order valence-electron chi connectivity index (χ4n) is 2.60. The fraction of sp³-hybridized carbons (Fsp3) is 0.500. The van der Waals surface area contributed by atoms with Gasteiger partial charge in [-0.2, -0.15) is 5.10 Å². The van der Waals surface area contributed by atoms with Gasteiger partial charge in [-0.05, 0) is 6.92 Å². The number of hydrogen-bond donors (Lipinski definition) is 0. The molecular weight excluding hydrogens is 270 g/mol. The molecule has 7 heteroatoms. The quantitative estimate of drug-likeness (QED) is 0.779. The number of ether oxygens (including phenoxy) is 1. The molecule has 2 aromatic rings. The van der Waals surface area contributed by atoms with E-state index in [-0.39, 0.29) is 5.97 Å². The van der Waals surface area contributed by atoms with Crippen molar-refractivity contribution in [1.82, 2.24) is 24.2 Å². The van der Waals surface area contributed by atoms with Crippen molar-refractivity contribution < 1.29 is 9.53 Å². The number of nitrogens with zero attached hydrogens (tertiary/aromatic N) is 5. The van der Waals surface area contributed by atoms with E-state index in [4.69, 9.17) is 4.74 Å². The summed E-state index contributed by atoms with van der Waals surface area (Å²) in [5, 5.41) is 4.19. The average Bonchev–Trinajstić information content (AvgIpc) is 3.06. The third-order valence-corrected chi connectivity index (χ3v) is 3.75. The van der Waals surface area contributed by atoms with E-state index in [2.05, 4.69) is 19.5 Å². The van der Waals surface area contributed by atoms with Crippen LogP contribution in [-0.2, 0) is 31.4 Å². The van der Waals surface area contributed by atoms with Crippen LogP contribution in [0.5, 0.6) is 0 Å². The Morgan fingerprint density at radius 3 is 3.10 bits per heavy atom. The first-order valence-electron chi connectivity index (χ1n) is 7.09. The molecular formula is C14H19N5O2. The smallest absolute Gasteiger partial charge is 0.341 e. The Morgan fingerprint density at radius 1 is 1.43 bits per heavy atom. The summed E-state index contributed by atoms with van der Waals surface area (Å²) in [6, 6.07) is 0. The number of carbonyl (C=O) groups excluding carboxylic acids is 1. The van der Waals surface area contributed by atoms with Gasteiger partial charge >= 0.3 is 5.97 Å². The molecule has 0 aliphatic carbocycles. The van der Waals surface area contributed by atoms with Crippen molar-refractivity contribution in [3.63, 3.8) is 0 Å². The number of esters is 1. The predicted octanol–water partition coefficient (Wildman–Crippen LogP) is 0.809. The van der Waals surface area contributed by atoms with E-state index in [9.17, 15) is 4.79 Å². The molecule has 0 spiro atoms. The van der Waals surface area contributed by atoms with Crippen molar-refractivity contribution in [2.45, 2.75) is 26.6 Å². The summed E-state index contributed by atoms with van der Waals surface area (Å²) in [6.07, 6.45) is 5.41. The standard InChI is InChI=1S/C14H19N5O2/c1-3-21-14(20)11-8-16-17(2)12(11)9-18-6-7-19-5-4-15-13(19)10-18/h4-5,8H,3,6-7,9-10H2,1-2H3. The molecule has 0 aromatic carbocycles. The van der Waals surface area contributed by atoms with Crippen molar-refractivity contribution in [3.8, 4) is 0 Å². The van der Waals surface area contributed by atoms with Gasteiger partial charge in [0.1, 0.15) is 11.4 Å². The van der Waals surface area contributed by atoms with Gasteiger partial charge in [-0.3, -0.25) is 9.58 Å². The highest BCUT2D eigenvalue weighted by molar-refractivity contribution is 5.90. The van der Waals surface area contributed by atoms with E-state index < -0.39 is 0 Å². The molecule has 1 aliphatic heterocycles. The molecule has 0 N–H and O–H groups in total. The van der Waals surface area contributed by atoms with Crippen molar-refractivity contribution in [2.75, 3.05) is 13.2 Å². The molecule has 0 radical (unpaired) electrons. The van der Waals surface area contributed by atoms with E-state index in [1.54, 1.807) is 17.8 Å². The minimum Gasteiger partial charge on any atom is -0.462 e. The third kappa shape index (κ3) is 2.69. The highest BCUT2D eigenvalue weighted by atomic mass is 16.5. The van der Waals surface area contributed by atoms with Crippen LogP contribution in [0.25, 0.3) is 0 Å². The molecule has 7 nitrogen and oxygen atoms in total. The number of rotatable bonds is 4. The topological polar surface area (TPSA) is 65.2 Å². The van der Waals surface area contributed by atoms with Gasteiger partial charge in [0.05, 0.1) is 25.0 Å². The third-order valence-electron chi connectivity index (χ3n) is 3.75. The molecule has 112 valence electrons. The molecule has 0 fully saturated rings. The summed E-state index contributed by atoms with van der Waals surface area (Å²) >= 11 is 0. The van der Waals surface area contributed by atoms with Crippen LogP contribution in [0.1, 0.15) is 28.8 Å². The highest BCUT2D eigenvalue weighted by Crippen LogP contribution is 2.17. The number of fused-ring (bicyclic) bond motifs is 1. The lowest BCUT2D eigenvalue weighted by atomic mass is 10.2. The number of hydrogen-bond acceptors (Lipinski definition) is 5. The first-order valence-corrected chi connectivity index (χ1v) is 7.09. The van der Waals surface area contributed by atoms with Crippen molar-refractivity contribution in [1.29, 1.82) is 0 Å². The van der Waals surface area contributed by atoms with Crippen LogP contribution in [-0.4, -0.2) is 43.4 Å². The predicted molar refractivity (Wildman–Crippen MR) is 75.5 cm³/mol. The van der Waals surface area contributed by atoms with Crippen LogP contribution in [0.3, 0.4) is 0 Å². The van der Waals surface area contributed by atoms with Gasteiger partial charge in [0.15, 0.2) is 0 Å². The highest BCUT2D eigenvalue weighted by Gasteiger charge is 2.22. The first kappa shape index (κ1) is 13.8. The zero-order chi connectivity index (χ0) is 14.8. The summed E-state index contributed by atoms with van der Waals surface area (Å²) in [6.45, 7) is 5.46.